The number of nitrogens with zero attached hydrogens (tertiary/aromatic N) is 1. The molecule has 0 aromatic heterocycles. The van der Waals surface area contributed by atoms with Crippen molar-refractivity contribution in [3.63, 3.8) is 0 Å². The number of nitrogens with one attached hydrogen (secondary N) is 1. The summed E-state index contributed by atoms with van der Waals surface area (Å²) in [5.74, 6) is 0.400. The highest BCUT2D eigenvalue weighted by Gasteiger charge is 2.21. The van der Waals surface area contributed by atoms with Crippen molar-refractivity contribution in [3.8, 4) is 5.75 Å². The van der Waals surface area contributed by atoms with Crippen molar-refractivity contribution in [2.24, 2.45) is 0 Å². The predicted molar refractivity (Wildman–Crippen MR) is 74.0 cm³/mol. The van der Waals surface area contributed by atoms with Gasteiger partial charge in [0.05, 0.1) is 18.6 Å². The number of ether oxygens (including phenoxy) is 1. The van der Waals surface area contributed by atoms with Crippen LogP contribution in [0.4, 0.5) is 0 Å². The van der Waals surface area contributed by atoms with Gasteiger partial charge in [-0.25, -0.2) is 13.1 Å². The quantitative estimate of drug-likeness (QED) is 0.863. The number of methoxy groups -OCH3 is 1. The zero-order chi connectivity index (χ0) is 14.6. The van der Waals surface area contributed by atoms with Gasteiger partial charge >= 0.3 is 0 Å². The van der Waals surface area contributed by atoms with Crippen molar-refractivity contribution < 1.29 is 17.9 Å². The van der Waals surface area contributed by atoms with Crippen LogP contribution in [0, 0.1) is 0 Å². The molecule has 0 unspecified atom stereocenters. The van der Waals surface area contributed by atoms with E-state index in [2.05, 4.69) is 4.72 Å². The Hall–Kier alpha value is -1.60. The molecule has 0 saturated carbocycles. The number of carbonyl (C=O) groups excluding carboxylic acids is 1. The van der Waals surface area contributed by atoms with E-state index in [0.717, 1.165) is 12.8 Å². The average Bonchev–Trinajstić information content (AvgIpc) is 2.99. The standard InChI is InChI=1S/C13H18N2O4S/c1-19-11-4-6-12(7-5-11)20(17,18)14-10-13(16)15-8-2-3-9-15/h4-7,14H,2-3,8-10H2,1H3. The van der Waals surface area contributed by atoms with Crippen LogP contribution in [0.25, 0.3) is 0 Å². The molecule has 1 amide bonds. The van der Waals surface area contributed by atoms with Gasteiger partial charge in [0.1, 0.15) is 5.75 Å². The maximum absolute atomic E-state index is 12.0. The van der Waals surface area contributed by atoms with E-state index in [0.29, 0.717) is 18.8 Å². The smallest absolute Gasteiger partial charge is 0.241 e. The summed E-state index contributed by atoms with van der Waals surface area (Å²) in [7, 11) is -2.15. The van der Waals surface area contributed by atoms with Crippen LogP contribution in [0.3, 0.4) is 0 Å². The zero-order valence-electron chi connectivity index (χ0n) is 11.3. The predicted octanol–water partition coefficient (Wildman–Crippen LogP) is 0.596. The second-order valence-corrected chi connectivity index (χ2v) is 6.35. The topological polar surface area (TPSA) is 75.7 Å². The van der Waals surface area contributed by atoms with Crippen LogP contribution in [-0.4, -0.2) is 46.0 Å². The number of carbonyl (C=O) groups is 1. The van der Waals surface area contributed by atoms with Gasteiger partial charge in [0.2, 0.25) is 15.9 Å². The molecule has 1 saturated heterocycles. The monoisotopic (exact) mass is 298 g/mol. The minimum absolute atomic E-state index is 0.118. The number of hydrogen-bond donors (Lipinski definition) is 1. The SMILES string of the molecule is COc1ccc(S(=O)(=O)NCC(=O)N2CCCC2)cc1. The summed E-state index contributed by atoms with van der Waals surface area (Å²) in [6.45, 7) is 1.22. The van der Waals surface area contributed by atoms with Gasteiger partial charge in [-0.15, -0.1) is 0 Å². The molecule has 1 aromatic carbocycles. The van der Waals surface area contributed by atoms with Gasteiger partial charge in [-0.05, 0) is 37.1 Å². The third-order valence-electron chi connectivity index (χ3n) is 3.24. The van der Waals surface area contributed by atoms with Crippen LogP contribution in [-0.2, 0) is 14.8 Å². The summed E-state index contributed by atoms with van der Waals surface area (Å²) in [5, 5.41) is 0. The van der Waals surface area contributed by atoms with Crippen LogP contribution in [0.5, 0.6) is 5.75 Å². The summed E-state index contributed by atoms with van der Waals surface area (Å²) in [4.78, 5) is 13.6. The van der Waals surface area contributed by atoms with Gasteiger partial charge in [-0.3, -0.25) is 4.79 Å². The van der Waals surface area contributed by atoms with Crippen molar-refractivity contribution >= 4 is 15.9 Å². The van der Waals surface area contributed by atoms with E-state index < -0.39 is 10.0 Å². The Balaban J connectivity index is 1.97. The molecule has 6 nitrogen and oxygen atoms in total. The van der Waals surface area contributed by atoms with Gasteiger partial charge in [0.25, 0.3) is 0 Å². The fourth-order valence-corrected chi connectivity index (χ4v) is 3.05. The Bertz CT molecular complexity index is 563. The van der Waals surface area contributed by atoms with Crippen molar-refractivity contribution in [1.29, 1.82) is 0 Å². The molecule has 0 spiro atoms. The second kappa shape index (κ2) is 6.23. The van der Waals surface area contributed by atoms with E-state index >= 15 is 0 Å². The minimum Gasteiger partial charge on any atom is -0.497 e. The molecule has 0 atom stereocenters. The first-order valence-corrected chi connectivity index (χ1v) is 7.93. The Morgan fingerprint density at radius 1 is 1.25 bits per heavy atom. The van der Waals surface area contributed by atoms with E-state index in [1.165, 1.54) is 19.2 Å². The van der Waals surface area contributed by atoms with Crippen molar-refractivity contribution in [2.45, 2.75) is 17.7 Å². The van der Waals surface area contributed by atoms with Crippen LogP contribution >= 0.6 is 0 Å². The van der Waals surface area contributed by atoms with E-state index in [4.69, 9.17) is 4.74 Å². The second-order valence-electron chi connectivity index (χ2n) is 4.59. The van der Waals surface area contributed by atoms with Crippen LogP contribution in [0.15, 0.2) is 29.2 Å². The van der Waals surface area contributed by atoms with Crippen molar-refractivity contribution in [1.82, 2.24) is 9.62 Å². The molecule has 1 fully saturated rings. The number of likely N-dealkylation sites (tertiary alicyclic amines) is 1. The molecule has 1 N–H and O–H groups in total. The molecule has 1 heterocycles. The Morgan fingerprint density at radius 2 is 1.85 bits per heavy atom. The average molecular weight is 298 g/mol. The molecule has 1 aliphatic heterocycles. The van der Waals surface area contributed by atoms with Gasteiger partial charge < -0.3 is 9.64 Å². The lowest BCUT2D eigenvalue weighted by Crippen LogP contribution is -2.38. The minimum atomic E-state index is -3.66. The molecule has 0 aliphatic carbocycles. The zero-order valence-corrected chi connectivity index (χ0v) is 12.1. The van der Waals surface area contributed by atoms with E-state index in [-0.39, 0.29) is 17.3 Å². The largest absolute Gasteiger partial charge is 0.497 e. The van der Waals surface area contributed by atoms with Gasteiger partial charge in [-0.1, -0.05) is 0 Å². The summed E-state index contributed by atoms with van der Waals surface area (Å²) < 4.78 is 31.4. The van der Waals surface area contributed by atoms with Crippen LogP contribution in [0.1, 0.15) is 12.8 Å². The van der Waals surface area contributed by atoms with Crippen LogP contribution < -0.4 is 9.46 Å². The number of benzene rings is 1. The van der Waals surface area contributed by atoms with Gasteiger partial charge in [-0.2, -0.15) is 0 Å². The molecule has 1 aromatic rings. The summed E-state index contributed by atoms with van der Waals surface area (Å²) >= 11 is 0. The fraction of sp³-hybridized carbons (Fsp3) is 0.462. The maximum atomic E-state index is 12.0. The lowest BCUT2D eigenvalue weighted by molar-refractivity contribution is -0.128. The highest BCUT2D eigenvalue weighted by atomic mass is 32.2. The molecule has 0 radical (unpaired) electrons. The number of hydrogen-bond acceptors (Lipinski definition) is 4. The van der Waals surface area contributed by atoms with Gasteiger partial charge in [0.15, 0.2) is 0 Å². The molecular formula is C13H18N2O4S. The maximum Gasteiger partial charge on any atom is 0.241 e. The highest BCUT2D eigenvalue weighted by Crippen LogP contribution is 2.15. The van der Waals surface area contributed by atoms with E-state index in [9.17, 15) is 13.2 Å². The lowest BCUT2D eigenvalue weighted by atomic mass is 10.3. The molecule has 7 heteroatoms. The Morgan fingerprint density at radius 3 is 2.40 bits per heavy atom. The molecule has 20 heavy (non-hydrogen) atoms. The summed E-state index contributed by atoms with van der Waals surface area (Å²) in [6, 6.07) is 6.02. The number of sulfonamides is 1. The van der Waals surface area contributed by atoms with E-state index in [1.807, 2.05) is 0 Å². The summed E-state index contributed by atoms with van der Waals surface area (Å²) in [6.07, 6.45) is 1.97. The van der Waals surface area contributed by atoms with E-state index in [1.54, 1.807) is 17.0 Å². The molecule has 0 bridgehead atoms. The Kier molecular flexibility index (Phi) is 4.61. The first kappa shape index (κ1) is 14.8. The first-order valence-electron chi connectivity index (χ1n) is 6.44. The van der Waals surface area contributed by atoms with Crippen molar-refractivity contribution in [3.05, 3.63) is 24.3 Å². The third kappa shape index (κ3) is 3.49. The molecule has 110 valence electrons. The summed E-state index contributed by atoms with van der Waals surface area (Å²) in [5.41, 5.74) is 0. The first-order chi connectivity index (χ1) is 9.53. The fourth-order valence-electron chi connectivity index (χ4n) is 2.07. The number of amides is 1. The third-order valence-corrected chi connectivity index (χ3v) is 4.66. The normalized spacial score (nSPS) is 15.3. The lowest BCUT2D eigenvalue weighted by Gasteiger charge is -2.15. The molecule has 2 rings (SSSR count). The Labute approximate surface area is 118 Å². The van der Waals surface area contributed by atoms with Crippen LogP contribution in [0.2, 0.25) is 0 Å². The van der Waals surface area contributed by atoms with Gasteiger partial charge in [0, 0.05) is 13.1 Å². The number of rotatable bonds is 5. The van der Waals surface area contributed by atoms with Crippen molar-refractivity contribution in [2.75, 3.05) is 26.7 Å². The molecular weight excluding hydrogens is 280 g/mol. The highest BCUT2D eigenvalue weighted by molar-refractivity contribution is 7.89. The molecule has 1 aliphatic rings.